The summed E-state index contributed by atoms with van der Waals surface area (Å²) in [5.74, 6) is 0.943. The van der Waals surface area contributed by atoms with Crippen LogP contribution in [0.1, 0.15) is 56.2 Å². The van der Waals surface area contributed by atoms with Crippen molar-refractivity contribution in [3.8, 4) is 16.9 Å². The molecule has 0 unspecified atom stereocenters. The van der Waals surface area contributed by atoms with E-state index >= 15 is 0 Å². The Morgan fingerprint density at radius 1 is 0.905 bits per heavy atom. The molecule has 0 atom stereocenters. The molecule has 3 aromatic rings. The van der Waals surface area contributed by atoms with E-state index in [1.54, 1.807) is 12.1 Å². The number of hydrogen-bond acceptors (Lipinski definition) is 4. The van der Waals surface area contributed by atoms with Gasteiger partial charge in [-0.25, -0.2) is 0 Å². The van der Waals surface area contributed by atoms with E-state index in [4.69, 9.17) is 0 Å². The highest BCUT2D eigenvalue weighted by atomic mass is 35.5. The van der Waals surface area contributed by atoms with Crippen LogP contribution in [0.2, 0.25) is 0 Å². The number of aromatic hydroxyl groups is 1. The Morgan fingerprint density at radius 3 is 2.21 bits per heavy atom. The summed E-state index contributed by atoms with van der Waals surface area (Å²) in [7, 11) is 0. The third-order valence-corrected chi connectivity index (χ3v) is 7.77. The largest absolute Gasteiger partial charge is 0.508 e. The number of benzene rings is 3. The lowest BCUT2D eigenvalue weighted by Gasteiger charge is -2.24. The van der Waals surface area contributed by atoms with Gasteiger partial charge in [0.1, 0.15) is 5.75 Å². The van der Waals surface area contributed by atoms with E-state index in [1.807, 2.05) is 35.2 Å². The molecular formula is C35H46ClN3O3. The topological polar surface area (TPSA) is 72.9 Å². The van der Waals surface area contributed by atoms with Crippen molar-refractivity contribution in [1.29, 1.82) is 0 Å². The van der Waals surface area contributed by atoms with Gasteiger partial charge < -0.3 is 20.2 Å². The monoisotopic (exact) mass is 591 g/mol. The first-order valence-corrected chi connectivity index (χ1v) is 15.1. The van der Waals surface area contributed by atoms with Crippen LogP contribution in [0, 0.1) is 5.92 Å². The van der Waals surface area contributed by atoms with Crippen molar-refractivity contribution in [2.45, 2.75) is 58.9 Å². The van der Waals surface area contributed by atoms with Crippen molar-refractivity contribution in [3.05, 3.63) is 89.5 Å². The molecule has 7 heteroatoms. The number of nitrogens with zero attached hydrogens (tertiary/aromatic N) is 2. The number of likely N-dealkylation sites (tertiary alicyclic amines) is 1. The molecular weight excluding hydrogens is 546 g/mol. The van der Waals surface area contributed by atoms with Gasteiger partial charge in [-0.1, -0.05) is 68.4 Å². The maximum absolute atomic E-state index is 13.2. The summed E-state index contributed by atoms with van der Waals surface area (Å²) in [6, 6.07) is 23.7. The van der Waals surface area contributed by atoms with Crippen molar-refractivity contribution in [3.63, 3.8) is 0 Å². The highest BCUT2D eigenvalue weighted by Gasteiger charge is 2.16. The lowest BCUT2D eigenvalue weighted by atomic mass is 9.99. The number of phenols is 1. The van der Waals surface area contributed by atoms with E-state index in [1.165, 1.54) is 12.8 Å². The second-order valence-corrected chi connectivity index (χ2v) is 11.6. The van der Waals surface area contributed by atoms with Crippen molar-refractivity contribution in [2.75, 3.05) is 32.7 Å². The average Bonchev–Trinajstić information content (AvgIpc) is 3.49. The van der Waals surface area contributed by atoms with Crippen LogP contribution in [0.5, 0.6) is 5.75 Å². The van der Waals surface area contributed by atoms with Crippen LogP contribution in [0.25, 0.3) is 11.1 Å². The molecule has 2 amide bonds. The van der Waals surface area contributed by atoms with Gasteiger partial charge in [0, 0.05) is 32.6 Å². The summed E-state index contributed by atoms with van der Waals surface area (Å²) >= 11 is 0. The Kier molecular flexibility index (Phi) is 13.4. The molecule has 3 aromatic carbocycles. The number of carbonyl (C=O) groups excluding carboxylic acids is 2. The lowest BCUT2D eigenvalue weighted by Crippen LogP contribution is -2.34. The summed E-state index contributed by atoms with van der Waals surface area (Å²) in [5, 5.41) is 12.7. The molecule has 0 aromatic heterocycles. The predicted molar refractivity (Wildman–Crippen MR) is 173 cm³/mol. The fourth-order valence-corrected chi connectivity index (χ4v) is 5.33. The highest BCUT2D eigenvalue weighted by Crippen LogP contribution is 2.23. The normalized spacial score (nSPS) is 13.1. The van der Waals surface area contributed by atoms with E-state index in [2.05, 4.69) is 54.4 Å². The van der Waals surface area contributed by atoms with E-state index in [-0.39, 0.29) is 30.0 Å². The molecule has 0 spiro atoms. The quantitative estimate of drug-likeness (QED) is 0.233. The minimum absolute atomic E-state index is 0. The first-order valence-electron chi connectivity index (χ1n) is 15.1. The summed E-state index contributed by atoms with van der Waals surface area (Å²) in [5.41, 5.74) is 5.31. The van der Waals surface area contributed by atoms with Crippen LogP contribution in [0.3, 0.4) is 0 Å². The van der Waals surface area contributed by atoms with Gasteiger partial charge in [-0.2, -0.15) is 0 Å². The van der Waals surface area contributed by atoms with Gasteiger partial charge in [-0.15, -0.1) is 12.4 Å². The Morgan fingerprint density at radius 2 is 1.55 bits per heavy atom. The van der Waals surface area contributed by atoms with Gasteiger partial charge in [0.05, 0.1) is 6.42 Å². The molecule has 0 bridgehead atoms. The molecule has 0 radical (unpaired) electrons. The number of carbonyl (C=O) groups is 2. The smallest absolute Gasteiger partial charge is 0.224 e. The van der Waals surface area contributed by atoms with Crippen molar-refractivity contribution in [1.82, 2.24) is 15.1 Å². The fraction of sp³-hybridized carbons (Fsp3) is 0.429. The Balaban J connectivity index is 0.00000484. The number of amides is 2. The molecule has 1 aliphatic heterocycles. The number of rotatable bonds is 14. The first-order chi connectivity index (χ1) is 19.9. The summed E-state index contributed by atoms with van der Waals surface area (Å²) < 4.78 is 0. The zero-order valence-electron chi connectivity index (χ0n) is 25.1. The SMILES string of the molecule is CC(C)CCC(=O)N(CCc1ccc(O)cc1)Cc1cccc(-c2cccc(CC(=O)NCCN3CCCC3)c2)c1.Cl. The maximum atomic E-state index is 13.2. The second-order valence-electron chi connectivity index (χ2n) is 11.6. The van der Waals surface area contributed by atoms with Crippen LogP contribution in [-0.2, 0) is 29.0 Å². The minimum Gasteiger partial charge on any atom is -0.508 e. The van der Waals surface area contributed by atoms with E-state index in [0.29, 0.717) is 38.4 Å². The second kappa shape index (κ2) is 16.9. The van der Waals surface area contributed by atoms with E-state index in [0.717, 1.165) is 60.3 Å². The predicted octanol–water partition coefficient (Wildman–Crippen LogP) is 6.24. The van der Waals surface area contributed by atoms with Crippen LogP contribution in [0.15, 0.2) is 72.8 Å². The molecule has 42 heavy (non-hydrogen) atoms. The Labute approximate surface area is 257 Å². The number of nitrogens with one attached hydrogen (secondary N) is 1. The average molecular weight is 592 g/mol. The number of phenolic OH excluding ortho intramolecular Hbond substituents is 1. The summed E-state index contributed by atoms with van der Waals surface area (Å²) in [4.78, 5) is 30.2. The van der Waals surface area contributed by atoms with Gasteiger partial charge in [0.15, 0.2) is 0 Å². The lowest BCUT2D eigenvalue weighted by molar-refractivity contribution is -0.132. The fourth-order valence-electron chi connectivity index (χ4n) is 5.33. The van der Waals surface area contributed by atoms with Gasteiger partial charge >= 0.3 is 0 Å². The van der Waals surface area contributed by atoms with Crippen molar-refractivity contribution >= 4 is 24.2 Å². The number of hydrogen-bond donors (Lipinski definition) is 2. The molecule has 0 saturated carbocycles. The zero-order chi connectivity index (χ0) is 29.0. The highest BCUT2D eigenvalue weighted by molar-refractivity contribution is 5.85. The maximum Gasteiger partial charge on any atom is 0.224 e. The minimum atomic E-state index is 0. The molecule has 226 valence electrons. The summed E-state index contributed by atoms with van der Waals surface area (Å²) in [6.45, 7) is 9.34. The van der Waals surface area contributed by atoms with Crippen LogP contribution in [-0.4, -0.2) is 59.4 Å². The Hall–Kier alpha value is -3.35. The Bertz CT molecular complexity index is 1270. The molecule has 4 rings (SSSR count). The van der Waals surface area contributed by atoms with Gasteiger partial charge in [-0.05, 0) is 90.7 Å². The first kappa shape index (κ1) is 33.2. The molecule has 1 heterocycles. The van der Waals surface area contributed by atoms with Crippen LogP contribution in [0.4, 0.5) is 0 Å². The molecule has 1 fully saturated rings. The third-order valence-electron chi connectivity index (χ3n) is 7.77. The molecule has 6 nitrogen and oxygen atoms in total. The van der Waals surface area contributed by atoms with Crippen LogP contribution < -0.4 is 5.32 Å². The van der Waals surface area contributed by atoms with Gasteiger partial charge in [0.25, 0.3) is 0 Å². The van der Waals surface area contributed by atoms with Gasteiger partial charge in [-0.3, -0.25) is 9.59 Å². The summed E-state index contributed by atoms with van der Waals surface area (Å²) in [6.07, 6.45) is 5.02. The standard InChI is InChI=1S/C35H45N3O3.ClH/c1-27(2)11-16-35(41)38(21-17-28-12-14-33(39)15-13-28)26-30-8-6-10-32(24-30)31-9-5-7-29(23-31)25-34(40)36-18-22-37-19-3-4-20-37;/h5-10,12-15,23-24,27,39H,3-4,11,16-22,25-26H2,1-2H3,(H,36,40);1H. The van der Waals surface area contributed by atoms with Gasteiger partial charge in [0.2, 0.25) is 11.8 Å². The van der Waals surface area contributed by atoms with E-state index in [9.17, 15) is 14.7 Å². The molecule has 0 aliphatic carbocycles. The van der Waals surface area contributed by atoms with Crippen molar-refractivity contribution in [2.24, 2.45) is 5.92 Å². The van der Waals surface area contributed by atoms with E-state index < -0.39 is 0 Å². The molecule has 1 aliphatic rings. The zero-order valence-corrected chi connectivity index (χ0v) is 25.9. The van der Waals surface area contributed by atoms with Crippen molar-refractivity contribution < 1.29 is 14.7 Å². The number of halogens is 1. The third kappa shape index (κ3) is 10.8. The molecule has 1 saturated heterocycles. The van der Waals surface area contributed by atoms with Crippen LogP contribution >= 0.6 is 12.4 Å². The molecule has 2 N–H and O–H groups in total.